The van der Waals surface area contributed by atoms with Crippen molar-refractivity contribution in [1.29, 1.82) is 0 Å². The van der Waals surface area contributed by atoms with E-state index in [4.69, 9.17) is 0 Å². The maximum Gasteiger partial charge on any atom is 0.0964 e. The van der Waals surface area contributed by atoms with Crippen molar-refractivity contribution in [3.8, 4) is 0 Å². The molecule has 0 radical (unpaired) electrons. The predicted octanol–water partition coefficient (Wildman–Crippen LogP) is 1.90. The van der Waals surface area contributed by atoms with Crippen LogP contribution in [0.2, 0.25) is 0 Å². The Morgan fingerprint density at radius 1 is 1.35 bits per heavy atom. The second kappa shape index (κ2) is 7.74. The zero-order chi connectivity index (χ0) is 14.4. The molecule has 1 aromatic heterocycles. The molecule has 1 aromatic rings. The molecule has 1 N–H and O–H groups in total. The first kappa shape index (κ1) is 15.4. The van der Waals surface area contributed by atoms with Gasteiger partial charge in [-0.05, 0) is 38.8 Å². The van der Waals surface area contributed by atoms with Crippen molar-refractivity contribution in [2.45, 2.75) is 59.2 Å². The number of hydrogen-bond acceptors (Lipinski definition) is 4. The van der Waals surface area contributed by atoms with Crippen LogP contribution in [-0.2, 0) is 13.1 Å². The van der Waals surface area contributed by atoms with Gasteiger partial charge in [0.15, 0.2) is 0 Å². The third kappa shape index (κ3) is 4.87. The highest BCUT2D eigenvalue weighted by Crippen LogP contribution is 2.15. The molecule has 1 unspecified atom stereocenters. The Kier molecular flexibility index (Phi) is 5.98. The normalized spacial score (nSPS) is 20.7. The van der Waals surface area contributed by atoms with Gasteiger partial charge in [0.05, 0.1) is 12.2 Å². The van der Waals surface area contributed by atoms with Gasteiger partial charge in [0.25, 0.3) is 0 Å². The van der Waals surface area contributed by atoms with Crippen LogP contribution in [-0.4, -0.2) is 45.6 Å². The molecular weight excluding hydrogens is 250 g/mol. The minimum Gasteiger partial charge on any atom is -0.311 e. The second-order valence-corrected chi connectivity index (χ2v) is 6.38. The van der Waals surface area contributed by atoms with E-state index in [1.165, 1.54) is 25.8 Å². The molecule has 0 bridgehead atoms. The Balaban J connectivity index is 1.72. The topological polar surface area (TPSA) is 46.0 Å². The molecular formula is C15H29N5. The third-order valence-electron chi connectivity index (χ3n) is 4.00. The summed E-state index contributed by atoms with van der Waals surface area (Å²) in [5.41, 5.74) is 1.04. The molecule has 2 rings (SSSR count). The van der Waals surface area contributed by atoms with Crippen LogP contribution in [0.4, 0.5) is 0 Å². The number of piperidine rings is 1. The highest BCUT2D eigenvalue weighted by atomic mass is 15.4. The lowest BCUT2D eigenvalue weighted by Gasteiger charge is -2.33. The molecule has 2 heterocycles. The minimum absolute atomic E-state index is 0.672. The number of likely N-dealkylation sites (tertiary alicyclic amines) is 1. The van der Waals surface area contributed by atoms with Crippen LogP contribution >= 0.6 is 0 Å². The Bertz CT molecular complexity index is 387. The predicted molar refractivity (Wildman–Crippen MR) is 81.5 cm³/mol. The molecule has 0 amide bonds. The molecule has 0 spiro atoms. The number of nitrogens with one attached hydrogen (secondary N) is 1. The minimum atomic E-state index is 0.672. The van der Waals surface area contributed by atoms with E-state index in [0.29, 0.717) is 5.92 Å². The van der Waals surface area contributed by atoms with Gasteiger partial charge in [-0.25, -0.2) is 0 Å². The molecule has 5 heteroatoms. The van der Waals surface area contributed by atoms with Gasteiger partial charge in [-0.2, -0.15) is 0 Å². The first-order valence-corrected chi connectivity index (χ1v) is 7.99. The summed E-state index contributed by atoms with van der Waals surface area (Å²) in [6.07, 6.45) is 6.13. The van der Waals surface area contributed by atoms with Crippen molar-refractivity contribution < 1.29 is 0 Å². The van der Waals surface area contributed by atoms with E-state index in [2.05, 4.69) is 47.5 Å². The van der Waals surface area contributed by atoms with E-state index in [1.54, 1.807) is 0 Å². The Hall–Kier alpha value is -0.940. The molecule has 1 fully saturated rings. The van der Waals surface area contributed by atoms with Gasteiger partial charge in [-0.1, -0.05) is 25.5 Å². The molecule has 0 aliphatic carbocycles. The number of rotatable bonds is 7. The van der Waals surface area contributed by atoms with E-state index >= 15 is 0 Å². The van der Waals surface area contributed by atoms with Gasteiger partial charge in [0, 0.05) is 25.3 Å². The second-order valence-electron chi connectivity index (χ2n) is 6.38. The molecule has 5 nitrogen and oxygen atoms in total. The summed E-state index contributed by atoms with van der Waals surface area (Å²) in [7, 11) is 0. The van der Waals surface area contributed by atoms with Crippen LogP contribution in [0.25, 0.3) is 0 Å². The van der Waals surface area contributed by atoms with E-state index < -0.39 is 0 Å². The number of hydrogen-bond donors (Lipinski definition) is 1. The van der Waals surface area contributed by atoms with Gasteiger partial charge >= 0.3 is 0 Å². The summed E-state index contributed by atoms with van der Waals surface area (Å²) in [5.74, 6) is 0.672. The summed E-state index contributed by atoms with van der Waals surface area (Å²) >= 11 is 0. The largest absolute Gasteiger partial charge is 0.311 e. The van der Waals surface area contributed by atoms with Crippen LogP contribution in [0.3, 0.4) is 0 Å². The fraction of sp³-hybridized carbons (Fsp3) is 0.867. The van der Waals surface area contributed by atoms with Crippen molar-refractivity contribution in [2.75, 3.05) is 19.6 Å². The molecule has 20 heavy (non-hydrogen) atoms. The fourth-order valence-electron chi connectivity index (χ4n) is 2.74. The standard InChI is InChI=1S/C15H29N5/c1-13(2)10-16-11-15-12-20(18-17-15)9-8-19-7-5-4-6-14(19)3/h12-14,16H,4-11H2,1-3H3. The average molecular weight is 279 g/mol. The highest BCUT2D eigenvalue weighted by molar-refractivity contribution is 4.91. The summed E-state index contributed by atoms with van der Waals surface area (Å²) in [5, 5.41) is 11.9. The highest BCUT2D eigenvalue weighted by Gasteiger charge is 2.17. The lowest BCUT2D eigenvalue weighted by Crippen LogP contribution is -2.39. The van der Waals surface area contributed by atoms with Crippen LogP contribution in [0.1, 0.15) is 45.7 Å². The smallest absolute Gasteiger partial charge is 0.0964 e. The Morgan fingerprint density at radius 3 is 2.95 bits per heavy atom. The molecule has 1 saturated heterocycles. The van der Waals surface area contributed by atoms with Gasteiger partial charge in [0.1, 0.15) is 0 Å². The third-order valence-corrected chi connectivity index (χ3v) is 4.00. The summed E-state index contributed by atoms with van der Waals surface area (Å²) in [6, 6.07) is 0.722. The van der Waals surface area contributed by atoms with Crippen molar-refractivity contribution in [2.24, 2.45) is 5.92 Å². The lowest BCUT2D eigenvalue weighted by molar-refractivity contribution is 0.153. The van der Waals surface area contributed by atoms with Crippen molar-refractivity contribution in [3.05, 3.63) is 11.9 Å². The monoisotopic (exact) mass is 279 g/mol. The molecule has 0 aromatic carbocycles. The van der Waals surface area contributed by atoms with Gasteiger partial charge in [-0.15, -0.1) is 5.10 Å². The SMILES string of the molecule is CC(C)CNCc1cn(CCN2CCCCC2C)nn1. The van der Waals surface area contributed by atoms with E-state index in [-0.39, 0.29) is 0 Å². The zero-order valence-electron chi connectivity index (χ0n) is 13.2. The Labute approximate surface area is 122 Å². The van der Waals surface area contributed by atoms with E-state index in [1.807, 2.05) is 4.68 Å². The average Bonchev–Trinajstić information content (AvgIpc) is 2.85. The quantitative estimate of drug-likeness (QED) is 0.828. The van der Waals surface area contributed by atoms with Crippen LogP contribution < -0.4 is 5.32 Å². The van der Waals surface area contributed by atoms with E-state index in [0.717, 1.165) is 37.9 Å². The van der Waals surface area contributed by atoms with Crippen LogP contribution in [0, 0.1) is 5.92 Å². The maximum atomic E-state index is 4.23. The lowest BCUT2D eigenvalue weighted by atomic mass is 10.0. The summed E-state index contributed by atoms with van der Waals surface area (Å²) in [6.45, 7) is 11.9. The molecule has 1 aliphatic rings. The van der Waals surface area contributed by atoms with Crippen LogP contribution in [0.5, 0.6) is 0 Å². The molecule has 1 atom stereocenters. The zero-order valence-corrected chi connectivity index (χ0v) is 13.2. The van der Waals surface area contributed by atoms with Crippen LogP contribution in [0.15, 0.2) is 6.20 Å². The van der Waals surface area contributed by atoms with Crippen molar-refractivity contribution in [1.82, 2.24) is 25.2 Å². The van der Waals surface area contributed by atoms with E-state index in [9.17, 15) is 0 Å². The first-order chi connectivity index (χ1) is 9.65. The molecule has 1 aliphatic heterocycles. The van der Waals surface area contributed by atoms with Gasteiger partial charge in [-0.3, -0.25) is 9.58 Å². The summed E-state index contributed by atoms with van der Waals surface area (Å²) in [4.78, 5) is 2.57. The van der Waals surface area contributed by atoms with Crippen molar-refractivity contribution in [3.63, 3.8) is 0 Å². The molecule has 114 valence electrons. The first-order valence-electron chi connectivity index (χ1n) is 7.99. The maximum absolute atomic E-state index is 4.23. The van der Waals surface area contributed by atoms with Gasteiger partial charge in [0.2, 0.25) is 0 Å². The fourth-order valence-corrected chi connectivity index (χ4v) is 2.74. The summed E-state index contributed by atoms with van der Waals surface area (Å²) < 4.78 is 1.98. The number of aromatic nitrogens is 3. The number of nitrogens with zero attached hydrogens (tertiary/aromatic N) is 4. The van der Waals surface area contributed by atoms with Gasteiger partial charge < -0.3 is 5.32 Å². The van der Waals surface area contributed by atoms with Crippen molar-refractivity contribution >= 4 is 0 Å². The molecule has 0 saturated carbocycles. The Morgan fingerprint density at radius 2 is 2.20 bits per heavy atom.